The monoisotopic (exact) mass is 204 g/mol. The average molecular weight is 205 g/mol. The molecule has 0 aromatic carbocycles. The minimum atomic E-state index is 0.0320. The van der Waals surface area contributed by atoms with Crippen LogP contribution in [0.5, 0.6) is 0 Å². The van der Waals surface area contributed by atoms with Crippen molar-refractivity contribution in [2.24, 2.45) is 0 Å². The molecule has 2 rings (SSSR count). The van der Waals surface area contributed by atoms with Crippen molar-refractivity contribution < 1.29 is 9.53 Å². The van der Waals surface area contributed by atoms with Gasteiger partial charge in [0.1, 0.15) is 5.88 Å². The van der Waals surface area contributed by atoms with Gasteiger partial charge in [0.15, 0.2) is 0 Å². The van der Waals surface area contributed by atoms with Crippen LogP contribution in [-0.2, 0) is 9.53 Å². The number of nitrogens with one attached hydrogen (secondary N) is 1. The first kappa shape index (κ1) is 9.24. The molecule has 0 aromatic heterocycles. The summed E-state index contributed by atoms with van der Waals surface area (Å²) in [5.74, 6) is 0.129. The number of halogens is 1. The van der Waals surface area contributed by atoms with Gasteiger partial charge in [-0.05, 0) is 0 Å². The van der Waals surface area contributed by atoms with Gasteiger partial charge in [0.25, 0.3) is 0 Å². The van der Waals surface area contributed by atoms with Crippen molar-refractivity contribution in [2.45, 2.75) is 12.1 Å². The Balaban J connectivity index is 1.63. The second kappa shape index (κ2) is 3.82. The summed E-state index contributed by atoms with van der Waals surface area (Å²) in [5, 5.41) is 3.40. The van der Waals surface area contributed by atoms with Crippen LogP contribution >= 0.6 is 11.6 Å². The number of likely N-dealkylation sites (tertiary alicyclic amines) is 1. The van der Waals surface area contributed by atoms with E-state index in [4.69, 9.17) is 16.3 Å². The van der Waals surface area contributed by atoms with Gasteiger partial charge in [-0.2, -0.15) is 0 Å². The molecule has 0 aliphatic carbocycles. The van der Waals surface area contributed by atoms with Crippen LogP contribution in [0.1, 0.15) is 0 Å². The lowest BCUT2D eigenvalue weighted by Crippen LogP contribution is -2.64. The summed E-state index contributed by atoms with van der Waals surface area (Å²) in [6.45, 7) is 3.20. The lowest BCUT2D eigenvalue weighted by atomic mass is 10.1. The third kappa shape index (κ3) is 1.95. The predicted molar refractivity (Wildman–Crippen MR) is 48.8 cm³/mol. The minimum absolute atomic E-state index is 0.0320. The minimum Gasteiger partial charge on any atom is -0.378 e. The van der Waals surface area contributed by atoms with Gasteiger partial charge in [-0.15, -0.1) is 11.6 Å². The second-order valence-electron chi connectivity index (χ2n) is 3.53. The van der Waals surface area contributed by atoms with Crippen LogP contribution < -0.4 is 5.32 Å². The standard InChI is InChI=1S/C8H13ClN2O2/c9-1-8(12)11-2-6(3-11)10-7-4-13-5-7/h6-7,10H,1-5H2. The van der Waals surface area contributed by atoms with Crippen LogP contribution in [0.2, 0.25) is 0 Å². The number of hydrogen-bond donors (Lipinski definition) is 1. The molecule has 0 bridgehead atoms. The number of rotatable bonds is 3. The van der Waals surface area contributed by atoms with E-state index in [1.807, 2.05) is 0 Å². The van der Waals surface area contributed by atoms with Gasteiger partial charge in [0, 0.05) is 19.1 Å². The van der Waals surface area contributed by atoms with E-state index < -0.39 is 0 Å². The van der Waals surface area contributed by atoms with Crippen LogP contribution in [0, 0.1) is 0 Å². The van der Waals surface area contributed by atoms with Gasteiger partial charge in [-0.1, -0.05) is 0 Å². The van der Waals surface area contributed by atoms with Gasteiger partial charge < -0.3 is 15.0 Å². The summed E-state index contributed by atoms with van der Waals surface area (Å²) < 4.78 is 5.04. The quantitative estimate of drug-likeness (QED) is 0.626. The number of carbonyl (C=O) groups is 1. The predicted octanol–water partition coefficient (Wildman–Crippen LogP) is -0.576. The van der Waals surface area contributed by atoms with Gasteiger partial charge in [-0.25, -0.2) is 0 Å². The Morgan fingerprint density at radius 1 is 1.46 bits per heavy atom. The Morgan fingerprint density at radius 2 is 2.15 bits per heavy atom. The van der Waals surface area contributed by atoms with Crippen molar-refractivity contribution in [3.8, 4) is 0 Å². The van der Waals surface area contributed by atoms with Crippen molar-refractivity contribution in [3.05, 3.63) is 0 Å². The highest BCUT2D eigenvalue weighted by atomic mass is 35.5. The summed E-state index contributed by atoms with van der Waals surface area (Å²) in [6.07, 6.45) is 0. The first-order valence-corrected chi connectivity index (χ1v) is 5.00. The Labute approximate surface area is 82.2 Å². The highest BCUT2D eigenvalue weighted by Gasteiger charge is 2.32. The van der Waals surface area contributed by atoms with Crippen LogP contribution in [0.25, 0.3) is 0 Å². The van der Waals surface area contributed by atoms with Gasteiger partial charge in [0.2, 0.25) is 5.91 Å². The summed E-state index contributed by atoms with van der Waals surface area (Å²) in [5.41, 5.74) is 0. The number of carbonyl (C=O) groups excluding carboxylic acids is 1. The molecule has 4 nitrogen and oxygen atoms in total. The molecular weight excluding hydrogens is 192 g/mol. The second-order valence-corrected chi connectivity index (χ2v) is 3.80. The fourth-order valence-electron chi connectivity index (χ4n) is 1.54. The topological polar surface area (TPSA) is 41.6 Å². The zero-order valence-electron chi connectivity index (χ0n) is 7.33. The average Bonchev–Trinajstić information content (AvgIpc) is 1.97. The van der Waals surface area contributed by atoms with E-state index >= 15 is 0 Å². The number of hydrogen-bond acceptors (Lipinski definition) is 3. The molecule has 2 saturated heterocycles. The molecule has 0 radical (unpaired) electrons. The summed E-state index contributed by atoms with van der Waals surface area (Å²) in [4.78, 5) is 12.8. The van der Waals surface area contributed by atoms with Crippen molar-refractivity contribution in [1.82, 2.24) is 10.2 Å². The van der Waals surface area contributed by atoms with Crippen LogP contribution in [0.15, 0.2) is 0 Å². The Bertz CT molecular complexity index is 202. The molecule has 1 N–H and O–H groups in total. The summed E-state index contributed by atoms with van der Waals surface area (Å²) in [6, 6.07) is 0.944. The van der Waals surface area contributed by atoms with E-state index in [-0.39, 0.29) is 11.8 Å². The van der Waals surface area contributed by atoms with Crippen molar-refractivity contribution in [3.63, 3.8) is 0 Å². The number of amides is 1. The lowest BCUT2D eigenvalue weighted by molar-refractivity contribution is -0.134. The molecule has 13 heavy (non-hydrogen) atoms. The van der Waals surface area contributed by atoms with Gasteiger partial charge >= 0.3 is 0 Å². The van der Waals surface area contributed by atoms with Crippen molar-refractivity contribution >= 4 is 17.5 Å². The molecule has 2 aliphatic rings. The van der Waals surface area contributed by atoms with Gasteiger partial charge in [-0.3, -0.25) is 4.79 Å². The maximum Gasteiger partial charge on any atom is 0.237 e. The number of alkyl halides is 1. The molecule has 0 aromatic rings. The summed E-state index contributed by atoms with van der Waals surface area (Å²) in [7, 11) is 0. The van der Waals surface area contributed by atoms with E-state index in [1.165, 1.54) is 0 Å². The molecule has 1 amide bonds. The number of nitrogens with zero attached hydrogens (tertiary/aromatic N) is 1. The van der Waals surface area contributed by atoms with Crippen molar-refractivity contribution in [1.29, 1.82) is 0 Å². The smallest absolute Gasteiger partial charge is 0.237 e. The first-order chi connectivity index (χ1) is 6.29. The molecule has 2 aliphatic heterocycles. The largest absolute Gasteiger partial charge is 0.378 e. The molecule has 5 heteroatoms. The maximum absolute atomic E-state index is 11.1. The SMILES string of the molecule is O=C(CCl)N1CC(NC2COC2)C1. The summed E-state index contributed by atoms with van der Waals surface area (Å²) >= 11 is 5.42. The fraction of sp³-hybridized carbons (Fsp3) is 0.875. The zero-order valence-corrected chi connectivity index (χ0v) is 8.09. The van der Waals surface area contributed by atoms with E-state index in [9.17, 15) is 4.79 Å². The molecule has 0 unspecified atom stereocenters. The van der Waals surface area contributed by atoms with Crippen LogP contribution in [0.3, 0.4) is 0 Å². The molecule has 2 fully saturated rings. The third-order valence-electron chi connectivity index (χ3n) is 2.46. The Kier molecular flexibility index (Phi) is 2.71. The van der Waals surface area contributed by atoms with Crippen LogP contribution in [0.4, 0.5) is 0 Å². The van der Waals surface area contributed by atoms with E-state index in [1.54, 1.807) is 4.90 Å². The molecule has 0 atom stereocenters. The van der Waals surface area contributed by atoms with Crippen LogP contribution in [-0.4, -0.2) is 55.1 Å². The highest BCUT2D eigenvalue weighted by Crippen LogP contribution is 2.11. The third-order valence-corrected chi connectivity index (χ3v) is 2.69. The van der Waals surface area contributed by atoms with E-state index in [2.05, 4.69) is 5.32 Å². The molecule has 2 heterocycles. The molecule has 0 spiro atoms. The zero-order chi connectivity index (χ0) is 9.26. The number of ether oxygens (including phenoxy) is 1. The highest BCUT2D eigenvalue weighted by molar-refractivity contribution is 6.27. The molecular formula is C8H13ClN2O2. The van der Waals surface area contributed by atoms with Crippen molar-refractivity contribution in [2.75, 3.05) is 32.2 Å². The lowest BCUT2D eigenvalue weighted by Gasteiger charge is -2.42. The fourth-order valence-corrected chi connectivity index (χ4v) is 1.71. The molecule has 0 saturated carbocycles. The maximum atomic E-state index is 11.1. The first-order valence-electron chi connectivity index (χ1n) is 4.47. The normalized spacial score (nSPS) is 23.9. The van der Waals surface area contributed by atoms with Gasteiger partial charge in [0.05, 0.1) is 19.3 Å². The Morgan fingerprint density at radius 3 is 2.62 bits per heavy atom. The Hall–Kier alpha value is -0.320. The van der Waals surface area contributed by atoms with E-state index in [0.29, 0.717) is 12.1 Å². The molecule has 74 valence electrons. The van der Waals surface area contributed by atoms with E-state index in [0.717, 1.165) is 26.3 Å².